The summed E-state index contributed by atoms with van der Waals surface area (Å²) in [7, 11) is 0. The van der Waals surface area contributed by atoms with Crippen molar-refractivity contribution in [1.29, 1.82) is 0 Å². The highest BCUT2D eigenvalue weighted by Gasteiger charge is 2.19. The number of H-pyrrole nitrogens is 1. The third kappa shape index (κ3) is 3.05. The number of aromatic nitrogens is 3. The van der Waals surface area contributed by atoms with Crippen LogP contribution >= 0.6 is 31.9 Å². The number of nitrogens with zero attached hydrogens (tertiary/aromatic N) is 2. The number of carbonyl (C=O) groups excluding carboxylic acids is 1. The van der Waals surface area contributed by atoms with Crippen molar-refractivity contribution in [2.24, 2.45) is 0 Å². The van der Waals surface area contributed by atoms with Crippen LogP contribution in [0.25, 0.3) is 0 Å². The van der Waals surface area contributed by atoms with E-state index in [0.29, 0.717) is 14.8 Å². The summed E-state index contributed by atoms with van der Waals surface area (Å²) in [5, 5.41) is 17.9. The normalized spacial score (nSPS) is 10.3. The summed E-state index contributed by atoms with van der Waals surface area (Å²) in [6.07, 6.45) is 0. The summed E-state index contributed by atoms with van der Waals surface area (Å²) >= 11 is 6.41. The zero-order chi connectivity index (χ0) is 14.9. The van der Waals surface area contributed by atoms with Crippen LogP contribution in [0.15, 0.2) is 21.1 Å². The maximum absolute atomic E-state index is 12.0. The molecule has 0 aliphatic carbocycles. The number of carbonyl (C=O) groups is 2. The van der Waals surface area contributed by atoms with Gasteiger partial charge in [-0.1, -0.05) is 15.9 Å². The number of carboxylic acid groups (broad SMARTS) is 1. The minimum atomic E-state index is -1.16. The van der Waals surface area contributed by atoms with Gasteiger partial charge >= 0.3 is 5.97 Å². The number of hydrogen-bond acceptors (Lipinski definition) is 4. The molecule has 0 unspecified atom stereocenters. The molecule has 1 heterocycles. The van der Waals surface area contributed by atoms with Gasteiger partial charge in [-0.3, -0.25) is 9.89 Å². The Balaban J connectivity index is 2.38. The molecule has 104 valence electrons. The summed E-state index contributed by atoms with van der Waals surface area (Å²) in [6, 6.07) is 3.03. The lowest BCUT2D eigenvalue weighted by atomic mass is 10.2. The lowest BCUT2D eigenvalue weighted by Crippen LogP contribution is -2.17. The number of aryl methyl sites for hydroxylation is 1. The molecule has 7 nitrogen and oxygen atoms in total. The van der Waals surface area contributed by atoms with Crippen molar-refractivity contribution in [2.45, 2.75) is 6.92 Å². The fourth-order valence-electron chi connectivity index (χ4n) is 1.48. The summed E-state index contributed by atoms with van der Waals surface area (Å²) in [5.41, 5.74) is 0.0972. The molecule has 0 aliphatic heterocycles. The van der Waals surface area contributed by atoms with Gasteiger partial charge in [0.15, 0.2) is 0 Å². The van der Waals surface area contributed by atoms with E-state index in [1.807, 2.05) is 0 Å². The van der Waals surface area contributed by atoms with Crippen molar-refractivity contribution >= 4 is 49.4 Å². The second-order valence-electron chi connectivity index (χ2n) is 3.81. The van der Waals surface area contributed by atoms with Crippen LogP contribution < -0.4 is 5.32 Å². The molecule has 0 bridgehead atoms. The van der Waals surface area contributed by atoms with Crippen molar-refractivity contribution in [2.75, 3.05) is 5.32 Å². The van der Waals surface area contributed by atoms with Gasteiger partial charge in [-0.15, -0.1) is 5.10 Å². The Bertz CT molecular complexity index is 699. The smallest absolute Gasteiger partial charge is 0.337 e. The van der Waals surface area contributed by atoms with Crippen molar-refractivity contribution in [1.82, 2.24) is 15.2 Å². The van der Waals surface area contributed by atoms with Gasteiger partial charge < -0.3 is 10.4 Å². The van der Waals surface area contributed by atoms with Crippen molar-refractivity contribution in [3.8, 4) is 0 Å². The highest BCUT2D eigenvalue weighted by atomic mass is 79.9. The Morgan fingerprint density at radius 2 is 2.05 bits per heavy atom. The van der Waals surface area contributed by atoms with Crippen LogP contribution in [-0.2, 0) is 0 Å². The summed E-state index contributed by atoms with van der Waals surface area (Å²) in [4.78, 5) is 27.1. The average molecular weight is 404 g/mol. The highest BCUT2D eigenvalue weighted by molar-refractivity contribution is 9.11. The molecular formula is C11H8Br2N4O3. The number of benzene rings is 1. The zero-order valence-corrected chi connectivity index (χ0v) is 13.2. The van der Waals surface area contributed by atoms with Crippen molar-refractivity contribution < 1.29 is 14.7 Å². The van der Waals surface area contributed by atoms with Crippen LogP contribution in [0, 0.1) is 6.92 Å². The molecule has 0 atom stereocenters. The van der Waals surface area contributed by atoms with E-state index >= 15 is 0 Å². The number of aromatic amines is 1. The van der Waals surface area contributed by atoms with Gasteiger partial charge in [-0.2, -0.15) is 0 Å². The van der Waals surface area contributed by atoms with E-state index in [2.05, 4.69) is 52.4 Å². The number of amides is 1. The monoisotopic (exact) mass is 402 g/mol. The van der Waals surface area contributed by atoms with E-state index in [9.17, 15) is 14.7 Å². The SMILES string of the molecule is Cc1nc(C(=O)Nc2c(Br)cc(Br)cc2C(=O)O)n[nH]1. The molecule has 0 aliphatic rings. The van der Waals surface area contributed by atoms with E-state index in [4.69, 9.17) is 0 Å². The first kappa shape index (κ1) is 14.7. The van der Waals surface area contributed by atoms with E-state index in [1.165, 1.54) is 6.07 Å². The molecule has 0 saturated carbocycles. The first-order chi connectivity index (χ1) is 9.38. The van der Waals surface area contributed by atoms with Crippen LogP contribution in [0.3, 0.4) is 0 Å². The third-order valence-electron chi connectivity index (χ3n) is 2.32. The van der Waals surface area contributed by atoms with Crippen LogP contribution in [0.2, 0.25) is 0 Å². The molecule has 1 aromatic heterocycles. The summed E-state index contributed by atoms with van der Waals surface area (Å²) in [6.45, 7) is 1.65. The summed E-state index contributed by atoms with van der Waals surface area (Å²) < 4.78 is 1.01. The Labute approximate surface area is 130 Å². The van der Waals surface area contributed by atoms with Crippen molar-refractivity contribution in [3.63, 3.8) is 0 Å². The second-order valence-corrected chi connectivity index (χ2v) is 5.58. The van der Waals surface area contributed by atoms with Crippen LogP contribution in [-0.4, -0.2) is 32.2 Å². The van der Waals surface area contributed by atoms with Gasteiger partial charge in [0.05, 0.1) is 11.3 Å². The molecule has 2 rings (SSSR count). The number of halogens is 2. The minimum absolute atomic E-state index is 0.0492. The zero-order valence-electron chi connectivity index (χ0n) is 10.1. The number of carboxylic acids is 1. The topological polar surface area (TPSA) is 108 Å². The predicted octanol–water partition coefficient (Wildman–Crippen LogP) is 2.59. The number of aromatic carboxylic acids is 1. The van der Waals surface area contributed by atoms with E-state index in [-0.39, 0.29) is 17.1 Å². The average Bonchev–Trinajstić information content (AvgIpc) is 2.78. The lowest BCUT2D eigenvalue weighted by molar-refractivity contribution is 0.0698. The molecule has 0 saturated heterocycles. The van der Waals surface area contributed by atoms with E-state index in [0.717, 1.165) is 0 Å². The molecule has 1 amide bonds. The van der Waals surface area contributed by atoms with E-state index in [1.54, 1.807) is 13.0 Å². The number of hydrogen-bond donors (Lipinski definition) is 3. The first-order valence-corrected chi connectivity index (χ1v) is 6.89. The largest absolute Gasteiger partial charge is 0.478 e. The molecule has 3 N–H and O–H groups in total. The third-order valence-corrected chi connectivity index (χ3v) is 3.41. The van der Waals surface area contributed by atoms with Gasteiger partial charge in [0, 0.05) is 8.95 Å². The fourth-order valence-corrected chi connectivity index (χ4v) is 2.81. The first-order valence-electron chi connectivity index (χ1n) is 5.31. The number of rotatable bonds is 3. The molecule has 9 heteroatoms. The Kier molecular flexibility index (Phi) is 4.19. The van der Waals surface area contributed by atoms with Crippen LogP contribution in [0.1, 0.15) is 26.8 Å². The van der Waals surface area contributed by atoms with Gasteiger partial charge in [0.1, 0.15) is 5.82 Å². The molecule has 20 heavy (non-hydrogen) atoms. The minimum Gasteiger partial charge on any atom is -0.478 e. The lowest BCUT2D eigenvalue weighted by Gasteiger charge is -2.10. The second kappa shape index (κ2) is 5.71. The Morgan fingerprint density at radius 1 is 1.35 bits per heavy atom. The van der Waals surface area contributed by atoms with Gasteiger partial charge in [0.25, 0.3) is 5.91 Å². The fraction of sp³-hybridized carbons (Fsp3) is 0.0909. The maximum atomic E-state index is 12.0. The van der Waals surface area contributed by atoms with Crippen molar-refractivity contribution in [3.05, 3.63) is 38.3 Å². The Hall–Kier alpha value is -1.74. The van der Waals surface area contributed by atoms with E-state index < -0.39 is 11.9 Å². The number of nitrogens with one attached hydrogen (secondary N) is 2. The van der Waals surface area contributed by atoms with Gasteiger partial charge in [-0.25, -0.2) is 9.78 Å². The summed E-state index contributed by atoms with van der Waals surface area (Å²) in [5.74, 6) is -1.33. The predicted molar refractivity (Wildman–Crippen MR) is 77.9 cm³/mol. The maximum Gasteiger partial charge on any atom is 0.337 e. The van der Waals surface area contributed by atoms with Gasteiger partial charge in [-0.05, 0) is 35.0 Å². The Morgan fingerprint density at radius 3 is 2.60 bits per heavy atom. The molecule has 0 fully saturated rings. The van der Waals surface area contributed by atoms with Crippen LogP contribution in [0.5, 0.6) is 0 Å². The molecular weight excluding hydrogens is 396 g/mol. The standard InChI is InChI=1S/C11H8Br2N4O3/c1-4-14-9(17-16-4)10(18)15-8-6(11(19)20)2-5(12)3-7(8)13/h2-3H,1H3,(H,15,18)(H,19,20)(H,14,16,17). The van der Waals surface area contributed by atoms with Crippen LogP contribution in [0.4, 0.5) is 5.69 Å². The number of anilines is 1. The molecule has 0 spiro atoms. The highest BCUT2D eigenvalue weighted by Crippen LogP contribution is 2.31. The molecule has 0 radical (unpaired) electrons. The molecule has 2 aromatic rings. The quantitative estimate of drug-likeness (QED) is 0.729. The molecule has 1 aromatic carbocycles. The van der Waals surface area contributed by atoms with Gasteiger partial charge in [0.2, 0.25) is 5.82 Å².